The third kappa shape index (κ3) is 5.81. The minimum Gasteiger partial charge on any atom is -0.314 e. The summed E-state index contributed by atoms with van der Waals surface area (Å²) in [6.07, 6.45) is 10.8. The Kier molecular flexibility index (Phi) is 7.88. The number of hydrogen-bond donors (Lipinski definition) is 0. The van der Waals surface area contributed by atoms with E-state index < -0.39 is 7.14 Å². The van der Waals surface area contributed by atoms with E-state index in [-0.39, 0.29) is 0 Å². The van der Waals surface area contributed by atoms with Crippen molar-refractivity contribution in [2.45, 2.75) is 32.1 Å². The Balaban J connectivity index is 1.48. The average molecular weight is 388 g/mol. The van der Waals surface area contributed by atoms with Crippen LogP contribution < -0.4 is 10.6 Å². The topological polar surface area (TPSA) is 17.1 Å². The number of hydrogen-bond acceptors (Lipinski definition) is 1. The summed E-state index contributed by atoms with van der Waals surface area (Å²) in [7, 11) is -2.54. The molecule has 28 heavy (non-hydrogen) atoms. The van der Waals surface area contributed by atoms with Gasteiger partial charge in [-0.05, 0) is 24.8 Å². The van der Waals surface area contributed by atoms with E-state index in [2.05, 4.69) is 36.4 Å². The largest absolute Gasteiger partial charge is 0.314 e. The Bertz CT molecular complexity index is 842. The van der Waals surface area contributed by atoms with E-state index in [0.717, 1.165) is 36.0 Å². The second-order valence-electron chi connectivity index (χ2n) is 7.15. The van der Waals surface area contributed by atoms with Crippen LogP contribution in [0.3, 0.4) is 0 Å². The Hall–Kier alpha value is -2.37. The highest BCUT2D eigenvalue weighted by atomic mass is 31.2. The monoisotopic (exact) mass is 388 g/mol. The molecule has 0 bridgehead atoms. The molecule has 0 fully saturated rings. The lowest BCUT2D eigenvalue weighted by atomic mass is 10.1. The first-order valence-electron chi connectivity index (χ1n) is 10.2. The zero-order valence-electron chi connectivity index (χ0n) is 16.4. The molecular weight excluding hydrogens is 359 g/mol. The third-order valence-electron chi connectivity index (χ3n) is 5.05. The lowest BCUT2D eigenvalue weighted by molar-refractivity contribution is 0.582. The Labute approximate surface area is 169 Å². The molecule has 0 saturated heterocycles. The second kappa shape index (κ2) is 10.8. The molecule has 0 amide bonds. The number of allylic oxidation sites excluding steroid dienone is 1. The summed E-state index contributed by atoms with van der Waals surface area (Å²) in [6, 6.07) is 30.4. The van der Waals surface area contributed by atoms with Crippen molar-refractivity contribution in [3.8, 4) is 0 Å². The van der Waals surface area contributed by atoms with Gasteiger partial charge in [0.25, 0.3) is 0 Å². The SMILES string of the molecule is O=P(CCCCCCC=Cc1ccccc1)(c1ccccc1)c1ccccc1. The summed E-state index contributed by atoms with van der Waals surface area (Å²) in [6.45, 7) is 0. The quantitative estimate of drug-likeness (QED) is 0.280. The highest BCUT2D eigenvalue weighted by Gasteiger charge is 2.26. The summed E-state index contributed by atoms with van der Waals surface area (Å²) >= 11 is 0. The van der Waals surface area contributed by atoms with Crippen molar-refractivity contribution >= 4 is 23.8 Å². The van der Waals surface area contributed by atoms with Crippen LogP contribution >= 0.6 is 7.14 Å². The molecule has 0 radical (unpaired) electrons. The van der Waals surface area contributed by atoms with Gasteiger partial charge in [0.1, 0.15) is 7.14 Å². The van der Waals surface area contributed by atoms with Gasteiger partial charge in [-0.25, -0.2) is 0 Å². The Morgan fingerprint density at radius 1 is 0.607 bits per heavy atom. The molecule has 144 valence electrons. The van der Waals surface area contributed by atoms with Crippen molar-refractivity contribution in [2.75, 3.05) is 6.16 Å². The van der Waals surface area contributed by atoms with Gasteiger partial charge in [-0.3, -0.25) is 0 Å². The van der Waals surface area contributed by atoms with E-state index in [1.165, 1.54) is 18.4 Å². The lowest BCUT2D eigenvalue weighted by Gasteiger charge is -2.19. The summed E-state index contributed by atoms with van der Waals surface area (Å²) in [4.78, 5) is 0. The fraction of sp³-hybridized carbons (Fsp3) is 0.231. The van der Waals surface area contributed by atoms with Gasteiger partial charge in [0.05, 0.1) is 0 Å². The normalized spacial score (nSPS) is 11.7. The zero-order valence-corrected chi connectivity index (χ0v) is 17.3. The Morgan fingerprint density at radius 2 is 1.11 bits per heavy atom. The maximum absolute atomic E-state index is 13.9. The van der Waals surface area contributed by atoms with Crippen molar-refractivity contribution < 1.29 is 4.57 Å². The first-order chi connectivity index (χ1) is 13.8. The lowest BCUT2D eigenvalue weighted by Crippen LogP contribution is -2.18. The van der Waals surface area contributed by atoms with E-state index in [1.807, 2.05) is 66.7 Å². The van der Waals surface area contributed by atoms with E-state index in [4.69, 9.17) is 0 Å². The van der Waals surface area contributed by atoms with Crippen LogP contribution in [0.1, 0.15) is 37.7 Å². The van der Waals surface area contributed by atoms with Crippen LogP contribution in [0.15, 0.2) is 97.1 Å². The molecule has 0 spiro atoms. The molecule has 1 nitrogen and oxygen atoms in total. The van der Waals surface area contributed by atoms with Crippen LogP contribution in [0.2, 0.25) is 0 Å². The highest BCUT2D eigenvalue weighted by Crippen LogP contribution is 2.44. The second-order valence-corrected chi connectivity index (χ2v) is 10.1. The van der Waals surface area contributed by atoms with E-state index in [1.54, 1.807) is 0 Å². The molecule has 0 aliphatic rings. The standard InChI is InChI=1S/C26H29OP/c27-28(25-19-11-6-12-20-25,26-21-13-7-14-22-26)23-15-4-2-1-3-8-16-24-17-9-5-10-18-24/h5-14,16-22H,1-4,15,23H2. The molecule has 0 aliphatic heterocycles. The third-order valence-corrected chi connectivity index (χ3v) is 8.26. The summed E-state index contributed by atoms with van der Waals surface area (Å²) in [5, 5.41) is 1.96. The van der Waals surface area contributed by atoms with Crippen molar-refractivity contribution in [2.24, 2.45) is 0 Å². The average Bonchev–Trinajstić information content (AvgIpc) is 2.77. The molecule has 0 saturated carbocycles. The fourth-order valence-electron chi connectivity index (χ4n) is 3.48. The van der Waals surface area contributed by atoms with Gasteiger partial charge in [0.2, 0.25) is 0 Å². The fourth-order valence-corrected chi connectivity index (χ4v) is 6.27. The number of rotatable bonds is 10. The minimum absolute atomic E-state index is 0.751. The van der Waals surface area contributed by atoms with Crippen LogP contribution in [0.4, 0.5) is 0 Å². The molecule has 3 aromatic rings. The smallest absolute Gasteiger partial charge is 0.143 e. The molecular formula is C26H29OP. The highest BCUT2D eigenvalue weighted by molar-refractivity contribution is 7.78. The van der Waals surface area contributed by atoms with Crippen molar-refractivity contribution in [1.29, 1.82) is 0 Å². The van der Waals surface area contributed by atoms with Gasteiger partial charge in [-0.2, -0.15) is 0 Å². The molecule has 3 aromatic carbocycles. The zero-order chi connectivity index (χ0) is 19.5. The van der Waals surface area contributed by atoms with Gasteiger partial charge in [0.15, 0.2) is 0 Å². The first kappa shape index (κ1) is 20.4. The van der Waals surface area contributed by atoms with Crippen LogP contribution in [-0.2, 0) is 4.57 Å². The summed E-state index contributed by atoms with van der Waals surface area (Å²) < 4.78 is 13.9. The van der Waals surface area contributed by atoms with Gasteiger partial charge in [-0.15, -0.1) is 0 Å². The van der Waals surface area contributed by atoms with Crippen LogP contribution in [0.5, 0.6) is 0 Å². The predicted octanol–water partition coefficient (Wildman–Crippen LogP) is 6.66. The molecule has 2 heteroatoms. The van der Waals surface area contributed by atoms with E-state index in [9.17, 15) is 4.57 Å². The Morgan fingerprint density at radius 3 is 1.68 bits per heavy atom. The van der Waals surface area contributed by atoms with Gasteiger partial charge in [-0.1, -0.05) is 116 Å². The van der Waals surface area contributed by atoms with Crippen molar-refractivity contribution in [1.82, 2.24) is 0 Å². The predicted molar refractivity (Wildman–Crippen MR) is 123 cm³/mol. The van der Waals surface area contributed by atoms with Crippen molar-refractivity contribution in [3.05, 3.63) is 103 Å². The van der Waals surface area contributed by atoms with Crippen LogP contribution in [0, 0.1) is 0 Å². The minimum atomic E-state index is -2.54. The number of unbranched alkanes of at least 4 members (excludes halogenated alkanes) is 4. The van der Waals surface area contributed by atoms with E-state index >= 15 is 0 Å². The van der Waals surface area contributed by atoms with E-state index in [0.29, 0.717) is 0 Å². The number of benzene rings is 3. The molecule has 0 aliphatic carbocycles. The summed E-state index contributed by atoms with van der Waals surface area (Å²) in [5.74, 6) is 0. The van der Waals surface area contributed by atoms with Crippen LogP contribution in [0.25, 0.3) is 6.08 Å². The van der Waals surface area contributed by atoms with Gasteiger partial charge < -0.3 is 4.57 Å². The maximum Gasteiger partial charge on any atom is 0.143 e. The molecule has 0 atom stereocenters. The summed E-state index contributed by atoms with van der Waals surface area (Å²) in [5.41, 5.74) is 1.26. The van der Waals surface area contributed by atoms with Crippen molar-refractivity contribution in [3.63, 3.8) is 0 Å². The molecule has 0 heterocycles. The van der Waals surface area contributed by atoms with Gasteiger partial charge >= 0.3 is 0 Å². The van der Waals surface area contributed by atoms with Crippen LogP contribution in [-0.4, -0.2) is 6.16 Å². The first-order valence-corrected chi connectivity index (χ1v) is 12.1. The molecule has 0 N–H and O–H groups in total. The maximum atomic E-state index is 13.9. The molecule has 0 aromatic heterocycles. The molecule has 3 rings (SSSR count). The molecule has 0 unspecified atom stereocenters. The van der Waals surface area contributed by atoms with Gasteiger partial charge in [0, 0.05) is 16.8 Å².